The lowest BCUT2D eigenvalue weighted by Crippen LogP contribution is -2.20. The quantitative estimate of drug-likeness (QED) is 0.828. The van der Waals surface area contributed by atoms with Crippen molar-refractivity contribution in [3.63, 3.8) is 0 Å². The van der Waals surface area contributed by atoms with Gasteiger partial charge in [-0.25, -0.2) is 13.1 Å². The number of hydrogen-bond donors (Lipinski definition) is 2. The van der Waals surface area contributed by atoms with Gasteiger partial charge in [0.25, 0.3) is 0 Å². The molecule has 0 radical (unpaired) electrons. The number of nitrogens with one attached hydrogen (secondary N) is 2. The van der Waals surface area contributed by atoms with Crippen LogP contribution in [0.25, 0.3) is 0 Å². The first kappa shape index (κ1) is 13.3. The van der Waals surface area contributed by atoms with Crippen molar-refractivity contribution in [2.24, 2.45) is 0 Å². The second-order valence-electron chi connectivity index (χ2n) is 4.23. The third-order valence-electron chi connectivity index (χ3n) is 3.19. The van der Waals surface area contributed by atoms with Crippen LogP contribution >= 0.6 is 0 Å². The topological polar surface area (TPSA) is 67.4 Å². The molecule has 18 heavy (non-hydrogen) atoms. The van der Waals surface area contributed by atoms with Gasteiger partial charge in [-0.1, -0.05) is 0 Å². The van der Waals surface area contributed by atoms with E-state index in [2.05, 4.69) is 10.0 Å². The zero-order chi connectivity index (χ0) is 13.2. The van der Waals surface area contributed by atoms with Gasteiger partial charge in [-0.15, -0.1) is 0 Å². The predicted molar refractivity (Wildman–Crippen MR) is 69.5 cm³/mol. The van der Waals surface area contributed by atoms with Crippen LogP contribution in [0.2, 0.25) is 0 Å². The first-order valence-electron chi connectivity index (χ1n) is 5.92. The summed E-state index contributed by atoms with van der Waals surface area (Å²) in [4.78, 5) is 0.216. The van der Waals surface area contributed by atoms with Crippen molar-refractivity contribution in [3.05, 3.63) is 23.3 Å². The molecule has 2 rings (SSSR count). The Morgan fingerprint density at radius 3 is 2.39 bits per heavy atom. The molecule has 0 spiro atoms. The minimum atomic E-state index is -3.48. The van der Waals surface area contributed by atoms with E-state index in [4.69, 9.17) is 4.74 Å². The standard InChI is InChI=1S/C12H18N2O3S/c1-13-18(15,16)12-8-10-4-6-14-5-3-9(10)7-11(12)17-2/h7-8,13-14H,3-6H2,1-2H3. The summed E-state index contributed by atoms with van der Waals surface area (Å²) in [5.74, 6) is 0.407. The monoisotopic (exact) mass is 270 g/mol. The Morgan fingerprint density at radius 2 is 1.83 bits per heavy atom. The van der Waals surface area contributed by atoms with Crippen molar-refractivity contribution in [1.29, 1.82) is 0 Å². The van der Waals surface area contributed by atoms with Gasteiger partial charge in [0.15, 0.2) is 0 Å². The van der Waals surface area contributed by atoms with Gasteiger partial charge in [0.1, 0.15) is 10.6 Å². The highest BCUT2D eigenvalue weighted by Gasteiger charge is 2.21. The third-order valence-corrected chi connectivity index (χ3v) is 4.62. The number of rotatable bonds is 3. The number of fused-ring (bicyclic) bond motifs is 1. The summed E-state index contributed by atoms with van der Waals surface area (Å²) in [6.45, 7) is 1.78. The summed E-state index contributed by atoms with van der Waals surface area (Å²) < 4.78 is 31.4. The maximum atomic E-state index is 11.9. The fraction of sp³-hybridized carbons (Fsp3) is 0.500. The molecule has 0 fully saturated rings. The van der Waals surface area contributed by atoms with Crippen LogP contribution in [0.15, 0.2) is 17.0 Å². The molecule has 0 atom stereocenters. The second-order valence-corrected chi connectivity index (χ2v) is 6.08. The normalized spacial score (nSPS) is 15.9. The molecule has 0 saturated heterocycles. The number of ether oxygens (including phenoxy) is 1. The molecule has 0 unspecified atom stereocenters. The van der Waals surface area contributed by atoms with Gasteiger partial charge in [-0.3, -0.25) is 0 Å². The van der Waals surface area contributed by atoms with Crippen molar-refractivity contribution in [1.82, 2.24) is 10.0 Å². The summed E-state index contributed by atoms with van der Waals surface area (Å²) >= 11 is 0. The molecular weight excluding hydrogens is 252 g/mol. The van der Waals surface area contributed by atoms with E-state index in [0.717, 1.165) is 37.1 Å². The maximum absolute atomic E-state index is 11.9. The third kappa shape index (κ3) is 2.50. The van der Waals surface area contributed by atoms with Crippen LogP contribution in [-0.2, 0) is 22.9 Å². The Morgan fingerprint density at radius 1 is 1.22 bits per heavy atom. The van der Waals surface area contributed by atoms with E-state index in [9.17, 15) is 8.42 Å². The zero-order valence-electron chi connectivity index (χ0n) is 10.6. The molecule has 1 heterocycles. The van der Waals surface area contributed by atoms with Gasteiger partial charge in [-0.05, 0) is 56.2 Å². The van der Waals surface area contributed by atoms with E-state index in [0.29, 0.717) is 5.75 Å². The molecule has 2 N–H and O–H groups in total. The van der Waals surface area contributed by atoms with E-state index < -0.39 is 10.0 Å². The van der Waals surface area contributed by atoms with E-state index in [1.54, 1.807) is 6.07 Å². The van der Waals surface area contributed by atoms with E-state index in [1.807, 2.05) is 6.07 Å². The van der Waals surface area contributed by atoms with Gasteiger partial charge in [0.2, 0.25) is 10.0 Å². The van der Waals surface area contributed by atoms with Crippen LogP contribution in [0, 0.1) is 0 Å². The fourth-order valence-electron chi connectivity index (χ4n) is 2.16. The summed E-state index contributed by atoms with van der Waals surface area (Å²) in [5, 5.41) is 3.30. The average molecular weight is 270 g/mol. The Bertz CT molecular complexity index is 540. The van der Waals surface area contributed by atoms with Crippen LogP contribution < -0.4 is 14.8 Å². The molecule has 0 bridgehead atoms. The van der Waals surface area contributed by atoms with Crippen LogP contribution in [0.3, 0.4) is 0 Å². The smallest absolute Gasteiger partial charge is 0.244 e. The number of benzene rings is 1. The molecule has 1 aliphatic heterocycles. The lowest BCUT2D eigenvalue weighted by molar-refractivity contribution is 0.401. The van der Waals surface area contributed by atoms with Gasteiger partial charge < -0.3 is 10.1 Å². The predicted octanol–water partition coefficient (Wildman–Crippen LogP) is 0.292. The summed E-state index contributed by atoms with van der Waals surface area (Å²) in [5.41, 5.74) is 2.24. The summed E-state index contributed by atoms with van der Waals surface area (Å²) in [6.07, 6.45) is 1.73. The second kappa shape index (κ2) is 5.26. The first-order chi connectivity index (χ1) is 8.58. The van der Waals surface area contributed by atoms with E-state index in [1.165, 1.54) is 14.2 Å². The highest BCUT2D eigenvalue weighted by atomic mass is 32.2. The van der Waals surface area contributed by atoms with Gasteiger partial charge in [-0.2, -0.15) is 0 Å². The zero-order valence-corrected chi connectivity index (χ0v) is 11.4. The molecule has 6 heteroatoms. The van der Waals surface area contributed by atoms with Crippen molar-refractivity contribution in [2.45, 2.75) is 17.7 Å². The van der Waals surface area contributed by atoms with Crippen LogP contribution in [0.4, 0.5) is 0 Å². The molecular formula is C12H18N2O3S. The Balaban J connectivity index is 2.57. The fourth-order valence-corrected chi connectivity index (χ4v) is 3.08. The van der Waals surface area contributed by atoms with Crippen molar-refractivity contribution < 1.29 is 13.2 Å². The molecule has 1 aromatic carbocycles. The van der Waals surface area contributed by atoms with Gasteiger partial charge in [0, 0.05) is 0 Å². The van der Waals surface area contributed by atoms with Gasteiger partial charge >= 0.3 is 0 Å². The lowest BCUT2D eigenvalue weighted by atomic mass is 10.0. The minimum Gasteiger partial charge on any atom is -0.495 e. The maximum Gasteiger partial charge on any atom is 0.244 e. The molecule has 0 aromatic heterocycles. The molecule has 0 amide bonds. The Kier molecular flexibility index (Phi) is 3.89. The summed E-state index contributed by atoms with van der Waals surface area (Å²) in [7, 11) is -0.586. The van der Waals surface area contributed by atoms with Gasteiger partial charge in [0.05, 0.1) is 7.11 Å². The Hall–Kier alpha value is -1.11. The molecule has 0 saturated carbocycles. The molecule has 0 aliphatic carbocycles. The van der Waals surface area contributed by atoms with E-state index >= 15 is 0 Å². The first-order valence-corrected chi connectivity index (χ1v) is 7.41. The largest absolute Gasteiger partial charge is 0.495 e. The highest BCUT2D eigenvalue weighted by Crippen LogP contribution is 2.28. The number of sulfonamides is 1. The van der Waals surface area contributed by atoms with Crippen molar-refractivity contribution in [2.75, 3.05) is 27.2 Å². The van der Waals surface area contributed by atoms with Crippen LogP contribution in [-0.4, -0.2) is 35.7 Å². The van der Waals surface area contributed by atoms with E-state index in [-0.39, 0.29) is 4.90 Å². The molecule has 1 aromatic rings. The number of methoxy groups -OCH3 is 1. The summed E-state index contributed by atoms with van der Waals surface area (Å²) in [6, 6.07) is 3.57. The van der Waals surface area contributed by atoms with Crippen LogP contribution in [0.5, 0.6) is 5.75 Å². The molecule has 100 valence electrons. The lowest BCUT2D eigenvalue weighted by Gasteiger charge is -2.13. The van der Waals surface area contributed by atoms with Crippen molar-refractivity contribution >= 4 is 10.0 Å². The molecule has 5 nitrogen and oxygen atoms in total. The molecule has 1 aliphatic rings. The SMILES string of the molecule is CNS(=O)(=O)c1cc2c(cc1OC)CCNCC2. The minimum absolute atomic E-state index is 0.216. The highest BCUT2D eigenvalue weighted by molar-refractivity contribution is 7.89. The Labute approximate surface area is 108 Å². The van der Waals surface area contributed by atoms with Crippen molar-refractivity contribution in [3.8, 4) is 5.75 Å². The average Bonchev–Trinajstić information content (AvgIpc) is 2.61. The van der Waals surface area contributed by atoms with Crippen LogP contribution in [0.1, 0.15) is 11.1 Å². The number of hydrogen-bond acceptors (Lipinski definition) is 4.